The Morgan fingerprint density at radius 3 is 2.88 bits per heavy atom. The van der Waals surface area contributed by atoms with Crippen molar-refractivity contribution in [3.8, 4) is 0 Å². The fraction of sp³-hybridized carbons (Fsp3) is 0.615. The van der Waals surface area contributed by atoms with Crippen molar-refractivity contribution in [2.45, 2.75) is 26.3 Å². The van der Waals surface area contributed by atoms with Gasteiger partial charge in [0.1, 0.15) is 0 Å². The maximum atomic E-state index is 5.02. The van der Waals surface area contributed by atoms with Gasteiger partial charge in [-0.1, -0.05) is 13.0 Å². The maximum Gasteiger partial charge on any atom is 0.0587 e. The zero-order valence-corrected chi connectivity index (χ0v) is 10.4. The van der Waals surface area contributed by atoms with Crippen LogP contribution >= 0.6 is 0 Å². The van der Waals surface area contributed by atoms with E-state index in [2.05, 4.69) is 30.2 Å². The van der Waals surface area contributed by atoms with Gasteiger partial charge in [0.15, 0.2) is 0 Å². The number of hydrogen-bond donors (Lipinski definition) is 1. The molecule has 0 saturated heterocycles. The largest absolute Gasteiger partial charge is 0.383 e. The molecule has 0 radical (unpaired) electrons. The lowest BCUT2D eigenvalue weighted by Gasteiger charge is -2.21. The first-order valence-corrected chi connectivity index (χ1v) is 5.85. The van der Waals surface area contributed by atoms with Crippen LogP contribution < -0.4 is 5.32 Å². The summed E-state index contributed by atoms with van der Waals surface area (Å²) < 4.78 is 5.02. The van der Waals surface area contributed by atoms with Gasteiger partial charge in [0.05, 0.1) is 6.61 Å². The number of ether oxygens (including phenoxy) is 1. The van der Waals surface area contributed by atoms with Gasteiger partial charge in [-0.2, -0.15) is 0 Å². The second kappa shape index (κ2) is 7.36. The third-order valence-corrected chi connectivity index (χ3v) is 2.91. The molecule has 1 aromatic rings. The van der Waals surface area contributed by atoms with Crippen molar-refractivity contribution in [3.05, 3.63) is 30.1 Å². The molecule has 0 bridgehead atoms. The Balaban J connectivity index is 2.31. The van der Waals surface area contributed by atoms with Gasteiger partial charge in [-0.05, 0) is 30.9 Å². The highest BCUT2D eigenvalue weighted by molar-refractivity contribution is 5.09. The predicted molar refractivity (Wildman–Crippen MR) is 66.4 cm³/mol. The molecule has 1 rings (SSSR count). The summed E-state index contributed by atoms with van der Waals surface area (Å²) in [5.41, 5.74) is 1.30. The third kappa shape index (κ3) is 4.73. The first kappa shape index (κ1) is 13.1. The first-order valence-electron chi connectivity index (χ1n) is 5.85. The molecule has 90 valence electrons. The van der Waals surface area contributed by atoms with E-state index in [4.69, 9.17) is 4.74 Å². The van der Waals surface area contributed by atoms with Crippen LogP contribution in [-0.2, 0) is 11.2 Å². The monoisotopic (exact) mass is 222 g/mol. The summed E-state index contributed by atoms with van der Waals surface area (Å²) in [5, 5.41) is 3.46. The van der Waals surface area contributed by atoms with E-state index in [1.807, 2.05) is 18.5 Å². The van der Waals surface area contributed by atoms with Crippen molar-refractivity contribution in [1.82, 2.24) is 10.3 Å². The molecule has 0 saturated carbocycles. The molecule has 1 N–H and O–H groups in total. The lowest BCUT2D eigenvalue weighted by atomic mass is 9.96. The number of nitrogens with one attached hydrogen (secondary N) is 1. The second-order valence-electron chi connectivity index (χ2n) is 4.28. The van der Waals surface area contributed by atoms with Gasteiger partial charge in [0.25, 0.3) is 0 Å². The summed E-state index contributed by atoms with van der Waals surface area (Å²) in [7, 11) is 1.73. The molecule has 3 heteroatoms. The van der Waals surface area contributed by atoms with Crippen LogP contribution in [0.1, 0.15) is 19.4 Å². The molecule has 2 unspecified atom stereocenters. The summed E-state index contributed by atoms with van der Waals surface area (Å²) >= 11 is 0. The van der Waals surface area contributed by atoms with Gasteiger partial charge in [-0.3, -0.25) is 4.98 Å². The Morgan fingerprint density at radius 2 is 2.25 bits per heavy atom. The van der Waals surface area contributed by atoms with E-state index in [0.717, 1.165) is 19.6 Å². The molecular formula is C13H22N2O. The highest BCUT2D eigenvalue weighted by atomic mass is 16.5. The van der Waals surface area contributed by atoms with Crippen LogP contribution in [0.15, 0.2) is 24.5 Å². The number of methoxy groups -OCH3 is 1. The van der Waals surface area contributed by atoms with Crippen LogP contribution in [0.4, 0.5) is 0 Å². The fourth-order valence-corrected chi connectivity index (χ4v) is 1.66. The van der Waals surface area contributed by atoms with Gasteiger partial charge in [-0.15, -0.1) is 0 Å². The normalized spacial score (nSPS) is 14.7. The SMILES string of the molecule is COCCNC(C)C(C)Cc1cccnc1. The molecule has 0 amide bonds. The van der Waals surface area contributed by atoms with E-state index in [-0.39, 0.29) is 0 Å². The summed E-state index contributed by atoms with van der Waals surface area (Å²) in [4.78, 5) is 4.13. The average molecular weight is 222 g/mol. The van der Waals surface area contributed by atoms with Crippen molar-refractivity contribution >= 4 is 0 Å². The van der Waals surface area contributed by atoms with Crippen LogP contribution in [0.2, 0.25) is 0 Å². The number of aromatic nitrogens is 1. The van der Waals surface area contributed by atoms with Crippen molar-refractivity contribution < 1.29 is 4.74 Å². The first-order chi connectivity index (χ1) is 7.74. The Labute approximate surface area is 98.2 Å². The Hall–Kier alpha value is -0.930. The minimum Gasteiger partial charge on any atom is -0.383 e. The second-order valence-corrected chi connectivity index (χ2v) is 4.28. The topological polar surface area (TPSA) is 34.1 Å². The smallest absolute Gasteiger partial charge is 0.0587 e. The van der Waals surface area contributed by atoms with Crippen molar-refractivity contribution in [1.29, 1.82) is 0 Å². The highest BCUT2D eigenvalue weighted by Crippen LogP contribution is 2.10. The molecule has 0 aromatic carbocycles. The van der Waals surface area contributed by atoms with Crippen LogP contribution in [0.25, 0.3) is 0 Å². The van der Waals surface area contributed by atoms with E-state index in [0.29, 0.717) is 12.0 Å². The van der Waals surface area contributed by atoms with E-state index < -0.39 is 0 Å². The zero-order chi connectivity index (χ0) is 11.8. The number of pyridine rings is 1. The van der Waals surface area contributed by atoms with Crippen LogP contribution in [0.5, 0.6) is 0 Å². The van der Waals surface area contributed by atoms with E-state index in [1.54, 1.807) is 7.11 Å². The summed E-state index contributed by atoms with van der Waals surface area (Å²) in [6, 6.07) is 4.62. The summed E-state index contributed by atoms with van der Waals surface area (Å²) in [6.07, 6.45) is 4.82. The zero-order valence-electron chi connectivity index (χ0n) is 10.4. The molecule has 0 aliphatic rings. The molecule has 2 atom stereocenters. The van der Waals surface area contributed by atoms with Crippen LogP contribution in [0, 0.1) is 5.92 Å². The highest BCUT2D eigenvalue weighted by Gasteiger charge is 2.11. The molecule has 1 heterocycles. The molecule has 0 aliphatic heterocycles. The number of rotatable bonds is 7. The van der Waals surface area contributed by atoms with Crippen molar-refractivity contribution in [3.63, 3.8) is 0 Å². The molecule has 0 aliphatic carbocycles. The average Bonchev–Trinajstić information content (AvgIpc) is 2.30. The van der Waals surface area contributed by atoms with Crippen molar-refractivity contribution in [2.75, 3.05) is 20.3 Å². The molecule has 3 nitrogen and oxygen atoms in total. The molecule has 1 aromatic heterocycles. The van der Waals surface area contributed by atoms with E-state index in [9.17, 15) is 0 Å². The number of nitrogens with zero attached hydrogens (tertiary/aromatic N) is 1. The third-order valence-electron chi connectivity index (χ3n) is 2.91. The minimum atomic E-state index is 0.496. The minimum absolute atomic E-state index is 0.496. The van der Waals surface area contributed by atoms with E-state index >= 15 is 0 Å². The van der Waals surface area contributed by atoms with Gasteiger partial charge >= 0.3 is 0 Å². The van der Waals surface area contributed by atoms with E-state index in [1.165, 1.54) is 5.56 Å². The Morgan fingerprint density at radius 1 is 1.44 bits per heavy atom. The lowest BCUT2D eigenvalue weighted by Crippen LogP contribution is -2.35. The predicted octanol–water partition coefficient (Wildman–Crippen LogP) is 1.88. The quantitative estimate of drug-likeness (QED) is 0.715. The molecule has 0 spiro atoms. The van der Waals surface area contributed by atoms with Gasteiger partial charge in [0, 0.05) is 32.1 Å². The van der Waals surface area contributed by atoms with Gasteiger partial charge in [0.2, 0.25) is 0 Å². The molecular weight excluding hydrogens is 200 g/mol. The fourth-order valence-electron chi connectivity index (χ4n) is 1.66. The lowest BCUT2D eigenvalue weighted by molar-refractivity contribution is 0.192. The maximum absolute atomic E-state index is 5.02. The van der Waals surface area contributed by atoms with Gasteiger partial charge in [-0.25, -0.2) is 0 Å². The number of hydrogen-bond acceptors (Lipinski definition) is 3. The molecule has 16 heavy (non-hydrogen) atoms. The van der Waals surface area contributed by atoms with Gasteiger partial charge < -0.3 is 10.1 Å². The molecule has 0 fully saturated rings. The summed E-state index contributed by atoms with van der Waals surface area (Å²) in [5.74, 6) is 0.598. The van der Waals surface area contributed by atoms with Crippen molar-refractivity contribution in [2.24, 2.45) is 5.92 Å². The van der Waals surface area contributed by atoms with Crippen LogP contribution in [0.3, 0.4) is 0 Å². The van der Waals surface area contributed by atoms with Crippen LogP contribution in [-0.4, -0.2) is 31.3 Å². The Bertz CT molecular complexity index is 277. The Kier molecular flexibility index (Phi) is 6.04. The standard InChI is InChI=1S/C13H22N2O/c1-11(12(2)15-7-8-16-3)9-13-5-4-6-14-10-13/h4-6,10-12,15H,7-9H2,1-3H3. The summed E-state index contributed by atoms with van der Waals surface area (Å²) in [6.45, 7) is 6.16.